The van der Waals surface area contributed by atoms with Crippen LogP contribution >= 0.6 is 23.2 Å². The zero-order chi connectivity index (χ0) is 13.8. The van der Waals surface area contributed by atoms with Crippen molar-refractivity contribution in [3.63, 3.8) is 0 Å². The molecule has 0 amide bonds. The number of aromatic nitrogens is 2. The van der Waals surface area contributed by atoms with Crippen LogP contribution in [0.15, 0.2) is 18.2 Å². The molecule has 0 aliphatic heterocycles. The lowest BCUT2D eigenvalue weighted by Gasteiger charge is -2.17. The van der Waals surface area contributed by atoms with Gasteiger partial charge in [-0.1, -0.05) is 17.7 Å². The van der Waals surface area contributed by atoms with Crippen molar-refractivity contribution in [2.45, 2.75) is 25.8 Å². The average Bonchev–Trinajstić information content (AvgIpc) is 2.76. The molecule has 0 aliphatic carbocycles. The van der Waals surface area contributed by atoms with Gasteiger partial charge in [0.1, 0.15) is 11.3 Å². The summed E-state index contributed by atoms with van der Waals surface area (Å²) < 4.78 is 7.39. The summed E-state index contributed by atoms with van der Waals surface area (Å²) in [4.78, 5) is 4.64. The average molecular weight is 301 g/mol. The summed E-state index contributed by atoms with van der Waals surface area (Å²) in [5.41, 5.74) is 1.92. The monoisotopic (exact) mass is 300 g/mol. The second kappa shape index (κ2) is 6.60. The van der Waals surface area contributed by atoms with E-state index in [1.165, 1.54) is 0 Å². The first kappa shape index (κ1) is 14.6. The summed E-state index contributed by atoms with van der Waals surface area (Å²) in [7, 11) is 1.72. The van der Waals surface area contributed by atoms with E-state index in [1.54, 1.807) is 7.11 Å². The van der Waals surface area contributed by atoms with E-state index in [0.717, 1.165) is 36.3 Å². The molecule has 1 heterocycles. The first-order valence-electron chi connectivity index (χ1n) is 6.39. The van der Waals surface area contributed by atoms with E-state index in [4.69, 9.17) is 27.9 Å². The lowest BCUT2D eigenvalue weighted by Crippen LogP contribution is -2.12. The summed E-state index contributed by atoms with van der Waals surface area (Å²) in [6.45, 7) is 2.89. The van der Waals surface area contributed by atoms with Gasteiger partial charge < -0.3 is 9.30 Å². The Morgan fingerprint density at radius 3 is 2.89 bits per heavy atom. The maximum absolute atomic E-state index is 6.22. The summed E-state index contributed by atoms with van der Waals surface area (Å²) in [6, 6.07) is 6.18. The molecular formula is C14H18Cl2N2O. The molecule has 0 N–H and O–H groups in total. The van der Waals surface area contributed by atoms with Gasteiger partial charge in [0, 0.05) is 32.1 Å². The van der Waals surface area contributed by atoms with Crippen LogP contribution in [-0.4, -0.2) is 29.1 Å². The molecule has 3 nitrogen and oxygen atoms in total. The Morgan fingerprint density at radius 2 is 2.21 bits per heavy atom. The van der Waals surface area contributed by atoms with Gasteiger partial charge in [-0.3, -0.25) is 0 Å². The zero-order valence-corrected chi connectivity index (χ0v) is 12.7. The quantitative estimate of drug-likeness (QED) is 0.752. The molecule has 104 valence electrons. The third-order valence-electron chi connectivity index (χ3n) is 3.24. The fraction of sp³-hybridized carbons (Fsp3) is 0.500. The second-order valence-electron chi connectivity index (χ2n) is 4.58. The van der Waals surface area contributed by atoms with Gasteiger partial charge in [0.15, 0.2) is 0 Å². The summed E-state index contributed by atoms with van der Waals surface area (Å²) >= 11 is 12.1. The van der Waals surface area contributed by atoms with Crippen LogP contribution in [0.2, 0.25) is 5.02 Å². The van der Waals surface area contributed by atoms with Crippen molar-refractivity contribution >= 4 is 34.2 Å². The minimum Gasteiger partial charge on any atom is -0.385 e. The maximum atomic E-state index is 6.22. The van der Waals surface area contributed by atoms with E-state index in [2.05, 4.69) is 22.5 Å². The van der Waals surface area contributed by atoms with Crippen LogP contribution in [0, 0.1) is 0 Å². The highest BCUT2D eigenvalue weighted by atomic mass is 35.5. The molecule has 0 spiro atoms. The number of rotatable bonds is 6. The molecule has 0 saturated heterocycles. The van der Waals surface area contributed by atoms with E-state index in [9.17, 15) is 0 Å². The molecule has 0 saturated carbocycles. The van der Waals surface area contributed by atoms with E-state index < -0.39 is 0 Å². The van der Waals surface area contributed by atoms with Crippen LogP contribution in [0.1, 0.15) is 25.2 Å². The predicted octanol–water partition coefficient (Wildman–Crippen LogP) is 4.07. The smallest absolute Gasteiger partial charge is 0.111 e. The first-order chi connectivity index (χ1) is 9.19. The molecular weight excluding hydrogens is 283 g/mol. The number of hydrogen-bond donors (Lipinski definition) is 0. The van der Waals surface area contributed by atoms with E-state index in [-0.39, 0.29) is 0 Å². The Bertz CT molecular complexity index is 554. The Morgan fingerprint density at radius 1 is 1.42 bits per heavy atom. The fourth-order valence-electron chi connectivity index (χ4n) is 2.30. The van der Waals surface area contributed by atoms with Crippen molar-refractivity contribution in [1.29, 1.82) is 0 Å². The number of halogens is 2. The van der Waals surface area contributed by atoms with Crippen molar-refractivity contribution in [2.24, 2.45) is 0 Å². The highest BCUT2D eigenvalue weighted by Gasteiger charge is 2.16. The fourth-order valence-corrected chi connectivity index (χ4v) is 2.68. The Kier molecular flexibility index (Phi) is 5.08. The van der Waals surface area contributed by atoms with Crippen LogP contribution in [0.3, 0.4) is 0 Å². The molecule has 1 aromatic carbocycles. The summed E-state index contributed by atoms with van der Waals surface area (Å²) in [5.74, 6) is 1.54. The maximum Gasteiger partial charge on any atom is 0.111 e. The topological polar surface area (TPSA) is 27.1 Å². The normalized spacial score (nSPS) is 13.1. The third-order valence-corrected chi connectivity index (χ3v) is 3.74. The lowest BCUT2D eigenvalue weighted by molar-refractivity contribution is 0.181. The first-order valence-corrected chi connectivity index (χ1v) is 7.30. The highest BCUT2D eigenvalue weighted by Crippen LogP contribution is 2.28. The number of benzene rings is 1. The molecule has 19 heavy (non-hydrogen) atoms. The number of nitrogens with zero attached hydrogens (tertiary/aromatic N) is 2. The summed E-state index contributed by atoms with van der Waals surface area (Å²) in [5, 5.41) is 0.686. The molecule has 1 aromatic heterocycles. The number of alkyl halides is 1. The number of hydrogen-bond acceptors (Lipinski definition) is 2. The van der Waals surface area contributed by atoms with Crippen molar-refractivity contribution in [3.8, 4) is 0 Å². The van der Waals surface area contributed by atoms with E-state index >= 15 is 0 Å². The lowest BCUT2D eigenvalue weighted by atomic mass is 10.2. The largest absolute Gasteiger partial charge is 0.385 e. The van der Waals surface area contributed by atoms with E-state index in [1.807, 2.05) is 12.1 Å². The van der Waals surface area contributed by atoms with Gasteiger partial charge >= 0.3 is 0 Å². The van der Waals surface area contributed by atoms with Gasteiger partial charge in [0.05, 0.1) is 10.5 Å². The van der Waals surface area contributed by atoms with Crippen molar-refractivity contribution in [3.05, 3.63) is 29.0 Å². The number of aryl methyl sites for hydroxylation is 1. The Hall–Kier alpha value is -0.770. The van der Waals surface area contributed by atoms with Gasteiger partial charge in [-0.2, -0.15) is 0 Å². The SMILES string of the molecule is COCCC(C)n1c(CCCl)nc2c(Cl)cccc21. The highest BCUT2D eigenvalue weighted by molar-refractivity contribution is 6.34. The molecule has 0 fully saturated rings. The number of fused-ring (bicyclic) bond motifs is 1. The Balaban J connectivity index is 2.48. The zero-order valence-electron chi connectivity index (χ0n) is 11.2. The number of para-hydroxylation sites is 1. The molecule has 0 radical (unpaired) electrons. The van der Waals surface area contributed by atoms with Crippen molar-refractivity contribution in [2.75, 3.05) is 19.6 Å². The van der Waals surface area contributed by atoms with Gasteiger partial charge in [0.2, 0.25) is 0 Å². The standard InChI is InChI=1S/C14H18Cl2N2O/c1-10(7-9-19-2)18-12-5-3-4-11(16)14(12)17-13(18)6-8-15/h3-5,10H,6-9H2,1-2H3. The van der Waals surface area contributed by atoms with Crippen molar-refractivity contribution < 1.29 is 4.74 Å². The molecule has 1 atom stereocenters. The van der Waals surface area contributed by atoms with Crippen LogP contribution in [-0.2, 0) is 11.2 Å². The third kappa shape index (κ3) is 3.04. The van der Waals surface area contributed by atoms with Gasteiger partial charge in [-0.15, -0.1) is 11.6 Å². The summed E-state index contributed by atoms with van der Waals surface area (Å²) in [6.07, 6.45) is 1.67. The predicted molar refractivity (Wildman–Crippen MR) is 80.4 cm³/mol. The van der Waals surface area contributed by atoms with Gasteiger partial charge in [-0.25, -0.2) is 4.98 Å². The van der Waals surface area contributed by atoms with Crippen LogP contribution < -0.4 is 0 Å². The second-order valence-corrected chi connectivity index (χ2v) is 5.36. The molecule has 2 aromatic rings. The van der Waals surface area contributed by atoms with Crippen LogP contribution in [0.4, 0.5) is 0 Å². The van der Waals surface area contributed by atoms with Crippen LogP contribution in [0.25, 0.3) is 11.0 Å². The van der Waals surface area contributed by atoms with Crippen LogP contribution in [0.5, 0.6) is 0 Å². The molecule has 0 aliphatic rings. The van der Waals surface area contributed by atoms with Gasteiger partial charge in [-0.05, 0) is 25.5 Å². The number of methoxy groups -OCH3 is 1. The van der Waals surface area contributed by atoms with Gasteiger partial charge in [0.25, 0.3) is 0 Å². The Labute approximate surface area is 123 Å². The van der Waals surface area contributed by atoms with Crippen molar-refractivity contribution in [1.82, 2.24) is 9.55 Å². The molecule has 0 bridgehead atoms. The van der Waals surface area contributed by atoms with E-state index in [0.29, 0.717) is 16.9 Å². The molecule has 5 heteroatoms. The number of imidazole rings is 1. The molecule has 2 rings (SSSR count). The minimum atomic E-state index is 0.307. The number of ether oxygens (including phenoxy) is 1. The minimum absolute atomic E-state index is 0.307. The molecule has 1 unspecified atom stereocenters.